The van der Waals surface area contributed by atoms with Crippen LogP contribution in [0.3, 0.4) is 0 Å². The van der Waals surface area contributed by atoms with E-state index < -0.39 is 0 Å². The van der Waals surface area contributed by atoms with E-state index in [2.05, 4.69) is 16.9 Å². The minimum Gasteiger partial charge on any atom is -0.279 e. The van der Waals surface area contributed by atoms with Crippen LogP contribution < -0.4 is 0 Å². The third-order valence-corrected chi connectivity index (χ3v) is 5.79. The molecule has 0 aliphatic carbocycles. The Morgan fingerprint density at radius 1 is 1.24 bits per heavy atom. The van der Waals surface area contributed by atoms with Crippen LogP contribution in [0.2, 0.25) is 0 Å². The second-order valence-corrected chi connectivity index (χ2v) is 7.68. The molecule has 25 heavy (non-hydrogen) atoms. The molecule has 0 aromatic carbocycles. The molecule has 0 spiro atoms. The number of thioether (sulfide) groups is 2. The highest BCUT2D eigenvalue weighted by atomic mass is 32.2. The first kappa shape index (κ1) is 18.0. The number of hydrogen-bond donors (Lipinski definition) is 0. The van der Waals surface area contributed by atoms with Crippen molar-refractivity contribution in [3.05, 3.63) is 35.6 Å². The smallest absolute Gasteiger partial charge is 0.279 e. The Morgan fingerprint density at radius 2 is 2.12 bits per heavy atom. The SMILES string of the molecule is CCC/C=C1/SC(=O)N(CCCCSc2nccc3nccn23)C1=O. The van der Waals surface area contributed by atoms with E-state index in [1.807, 2.05) is 22.7 Å². The quantitative estimate of drug-likeness (QED) is 0.300. The molecule has 0 bridgehead atoms. The van der Waals surface area contributed by atoms with E-state index in [1.165, 1.54) is 4.90 Å². The minimum atomic E-state index is -0.148. The number of nitrogens with zero attached hydrogens (tertiary/aromatic N) is 4. The van der Waals surface area contributed by atoms with Crippen LogP contribution in [0, 0.1) is 0 Å². The minimum absolute atomic E-state index is 0.138. The summed E-state index contributed by atoms with van der Waals surface area (Å²) < 4.78 is 1.96. The maximum atomic E-state index is 12.2. The van der Waals surface area contributed by atoms with E-state index in [0.29, 0.717) is 11.4 Å². The second kappa shape index (κ2) is 8.53. The number of imidazole rings is 1. The summed E-state index contributed by atoms with van der Waals surface area (Å²) in [4.78, 5) is 34.7. The predicted octanol–water partition coefficient (Wildman–Crippen LogP) is 3.98. The number of fused-ring (bicyclic) bond motifs is 1. The number of aromatic nitrogens is 3. The monoisotopic (exact) mass is 376 g/mol. The Bertz CT molecular complexity index is 803. The van der Waals surface area contributed by atoms with Crippen LogP contribution >= 0.6 is 23.5 Å². The van der Waals surface area contributed by atoms with Crippen molar-refractivity contribution in [1.29, 1.82) is 0 Å². The van der Waals surface area contributed by atoms with Crippen molar-refractivity contribution in [2.24, 2.45) is 0 Å². The first-order valence-electron chi connectivity index (χ1n) is 8.35. The first-order chi connectivity index (χ1) is 12.2. The van der Waals surface area contributed by atoms with Crippen LogP contribution in [-0.2, 0) is 4.79 Å². The second-order valence-electron chi connectivity index (χ2n) is 5.62. The Balaban J connectivity index is 1.45. The van der Waals surface area contributed by atoms with Gasteiger partial charge in [0.15, 0.2) is 5.16 Å². The van der Waals surface area contributed by atoms with Gasteiger partial charge >= 0.3 is 0 Å². The molecule has 6 nitrogen and oxygen atoms in total. The number of amides is 2. The molecular weight excluding hydrogens is 356 g/mol. The molecule has 8 heteroatoms. The van der Waals surface area contributed by atoms with Gasteiger partial charge in [-0.25, -0.2) is 9.97 Å². The maximum Gasteiger partial charge on any atom is 0.293 e. The lowest BCUT2D eigenvalue weighted by molar-refractivity contribution is -0.122. The summed E-state index contributed by atoms with van der Waals surface area (Å²) in [6.45, 7) is 2.54. The third kappa shape index (κ3) is 4.24. The van der Waals surface area contributed by atoms with Gasteiger partial charge in [-0.2, -0.15) is 0 Å². The van der Waals surface area contributed by atoms with Gasteiger partial charge in [-0.05, 0) is 37.1 Å². The van der Waals surface area contributed by atoms with Gasteiger partial charge in [0.1, 0.15) is 5.65 Å². The Kier molecular flexibility index (Phi) is 6.14. The van der Waals surface area contributed by atoms with E-state index in [0.717, 1.165) is 54.0 Å². The molecule has 1 saturated heterocycles. The van der Waals surface area contributed by atoms with Crippen LogP contribution in [0.4, 0.5) is 4.79 Å². The highest BCUT2D eigenvalue weighted by Gasteiger charge is 2.34. The Hall–Kier alpha value is -1.80. The van der Waals surface area contributed by atoms with Crippen LogP contribution in [0.1, 0.15) is 32.6 Å². The fraction of sp³-hybridized carbons (Fsp3) is 0.412. The molecule has 1 aliphatic heterocycles. The van der Waals surface area contributed by atoms with E-state index in [9.17, 15) is 9.59 Å². The van der Waals surface area contributed by atoms with Gasteiger partial charge in [0.25, 0.3) is 11.1 Å². The lowest BCUT2D eigenvalue weighted by Crippen LogP contribution is -2.29. The average molecular weight is 377 g/mol. The summed E-state index contributed by atoms with van der Waals surface area (Å²) in [7, 11) is 0. The van der Waals surface area contributed by atoms with Gasteiger partial charge in [0.2, 0.25) is 0 Å². The molecule has 2 aromatic heterocycles. The number of rotatable bonds is 8. The highest BCUT2D eigenvalue weighted by molar-refractivity contribution is 8.18. The van der Waals surface area contributed by atoms with Crippen molar-refractivity contribution in [3.63, 3.8) is 0 Å². The summed E-state index contributed by atoms with van der Waals surface area (Å²) >= 11 is 2.72. The molecule has 2 aromatic rings. The largest absolute Gasteiger partial charge is 0.293 e. The van der Waals surface area contributed by atoms with Gasteiger partial charge in [-0.3, -0.25) is 18.9 Å². The van der Waals surface area contributed by atoms with E-state index in [4.69, 9.17) is 0 Å². The lowest BCUT2D eigenvalue weighted by Gasteiger charge is -2.11. The molecule has 2 amide bonds. The van der Waals surface area contributed by atoms with Crippen LogP contribution in [0.25, 0.3) is 5.65 Å². The highest BCUT2D eigenvalue weighted by Crippen LogP contribution is 2.31. The van der Waals surface area contributed by atoms with Crippen molar-refractivity contribution in [3.8, 4) is 0 Å². The molecule has 132 valence electrons. The normalized spacial score (nSPS) is 16.5. The van der Waals surface area contributed by atoms with Crippen molar-refractivity contribution in [2.75, 3.05) is 12.3 Å². The van der Waals surface area contributed by atoms with E-state index >= 15 is 0 Å². The van der Waals surface area contributed by atoms with Gasteiger partial charge in [-0.15, -0.1) is 0 Å². The fourth-order valence-electron chi connectivity index (χ4n) is 2.48. The number of carbonyl (C=O) groups is 2. The molecule has 0 saturated carbocycles. The average Bonchev–Trinajstić information content (AvgIpc) is 3.19. The molecule has 0 radical (unpaired) electrons. The van der Waals surface area contributed by atoms with E-state index in [-0.39, 0.29) is 11.1 Å². The van der Waals surface area contributed by atoms with Crippen molar-refractivity contribution in [2.45, 2.75) is 37.8 Å². The topological polar surface area (TPSA) is 67.6 Å². The number of imide groups is 1. The van der Waals surface area contributed by atoms with Gasteiger partial charge < -0.3 is 0 Å². The summed E-state index contributed by atoms with van der Waals surface area (Å²) in [5, 5.41) is 0.758. The number of allylic oxidation sites excluding steroid dienone is 1. The van der Waals surface area contributed by atoms with Crippen molar-refractivity contribution < 1.29 is 9.59 Å². The number of carbonyl (C=O) groups excluding carboxylic acids is 2. The Morgan fingerprint density at radius 3 is 2.96 bits per heavy atom. The zero-order chi connectivity index (χ0) is 17.6. The summed E-state index contributed by atoms with van der Waals surface area (Å²) in [6.07, 6.45) is 10.8. The summed E-state index contributed by atoms with van der Waals surface area (Å²) in [6, 6.07) is 1.87. The molecule has 3 heterocycles. The lowest BCUT2D eigenvalue weighted by atomic mass is 10.3. The maximum absolute atomic E-state index is 12.2. The van der Waals surface area contributed by atoms with Crippen molar-refractivity contribution >= 4 is 40.3 Å². The van der Waals surface area contributed by atoms with Crippen LogP contribution in [-0.4, -0.2) is 42.7 Å². The molecule has 3 rings (SSSR count). The molecule has 0 atom stereocenters. The number of unbranched alkanes of at least 4 members (excludes halogenated alkanes) is 2. The molecule has 1 aliphatic rings. The Labute approximate surface area is 155 Å². The fourth-order valence-corrected chi connectivity index (χ4v) is 4.31. The van der Waals surface area contributed by atoms with Gasteiger partial charge in [0.05, 0.1) is 4.91 Å². The zero-order valence-electron chi connectivity index (χ0n) is 14.1. The molecule has 0 N–H and O–H groups in total. The zero-order valence-corrected chi connectivity index (χ0v) is 15.7. The molecule has 1 fully saturated rings. The molecule has 0 unspecified atom stereocenters. The van der Waals surface area contributed by atoms with Gasteiger partial charge in [-0.1, -0.05) is 31.2 Å². The van der Waals surface area contributed by atoms with Gasteiger partial charge in [0, 0.05) is 30.9 Å². The first-order valence-corrected chi connectivity index (χ1v) is 10.2. The summed E-state index contributed by atoms with van der Waals surface area (Å²) in [5.41, 5.74) is 0.884. The summed E-state index contributed by atoms with van der Waals surface area (Å²) in [5.74, 6) is 0.743. The molecular formula is C17H20N4O2S2. The van der Waals surface area contributed by atoms with Crippen LogP contribution in [0.5, 0.6) is 0 Å². The number of hydrogen-bond acceptors (Lipinski definition) is 6. The standard InChI is InChI=1S/C17H20N4O2S2/c1-2-3-6-13-15(22)21(17(23)25-13)10-4-5-12-24-16-19-8-7-14-18-9-11-20(14)16/h6-9,11H,2-5,10,12H2,1H3/b13-6+. The van der Waals surface area contributed by atoms with Crippen molar-refractivity contribution in [1.82, 2.24) is 19.3 Å². The third-order valence-electron chi connectivity index (χ3n) is 3.78. The van der Waals surface area contributed by atoms with E-state index in [1.54, 1.807) is 24.2 Å². The van der Waals surface area contributed by atoms with Crippen LogP contribution in [0.15, 0.2) is 40.8 Å². The predicted molar refractivity (Wildman–Crippen MR) is 101 cm³/mol.